The number of carboxylic acid groups (broad SMARTS) is 1. The van der Waals surface area contributed by atoms with Crippen LogP contribution in [0.25, 0.3) is 10.9 Å². The maximum Gasteiger partial charge on any atom is 0.354 e. The van der Waals surface area contributed by atoms with Crippen LogP contribution < -0.4 is 0 Å². The van der Waals surface area contributed by atoms with E-state index < -0.39 is 5.97 Å². The van der Waals surface area contributed by atoms with Gasteiger partial charge in [-0.05, 0) is 29.3 Å². The molecule has 0 amide bonds. The SMILES string of the molecule is CC(c1ccccc1)c1ccc(O)c2nc(C(=O)O)ccc12. The molecule has 3 aromatic rings. The van der Waals surface area contributed by atoms with Crippen molar-refractivity contribution < 1.29 is 15.0 Å². The summed E-state index contributed by atoms with van der Waals surface area (Å²) in [5.74, 6) is -1.01. The lowest BCUT2D eigenvalue weighted by molar-refractivity contribution is 0.0691. The van der Waals surface area contributed by atoms with Crippen molar-refractivity contribution in [1.82, 2.24) is 4.98 Å². The Kier molecular flexibility index (Phi) is 3.51. The molecule has 0 aliphatic carbocycles. The highest BCUT2D eigenvalue weighted by molar-refractivity contribution is 5.93. The third kappa shape index (κ3) is 2.39. The van der Waals surface area contributed by atoms with Gasteiger partial charge in [-0.2, -0.15) is 0 Å². The summed E-state index contributed by atoms with van der Waals surface area (Å²) >= 11 is 0. The van der Waals surface area contributed by atoms with Crippen LogP contribution in [0.2, 0.25) is 0 Å². The third-order valence-electron chi connectivity index (χ3n) is 3.85. The first-order valence-electron chi connectivity index (χ1n) is 6.99. The number of hydrogen-bond donors (Lipinski definition) is 2. The topological polar surface area (TPSA) is 70.4 Å². The molecule has 0 bridgehead atoms. The predicted molar refractivity (Wildman–Crippen MR) is 84.3 cm³/mol. The molecule has 4 heteroatoms. The maximum atomic E-state index is 11.1. The smallest absolute Gasteiger partial charge is 0.354 e. The summed E-state index contributed by atoms with van der Waals surface area (Å²) in [5.41, 5.74) is 2.40. The van der Waals surface area contributed by atoms with Gasteiger partial charge >= 0.3 is 5.97 Å². The number of fused-ring (bicyclic) bond motifs is 1. The fourth-order valence-corrected chi connectivity index (χ4v) is 2.64. The van der Waals surface area contributed by atoms with E-state index in [4.69, 9.17) is 5.11 Å². The summed E-state index contributed by atoms with van der Waals surface area (Å²) in [4.78, 5) is 15.1. The Hall–Kier alpha value is -2.88. The van der Waals surface area contributed by atoms with E-state index in [1.165, 1.54) is 6.07 Å². The second-order valence-electron chi connectivity index (χ2n) is 5.20. The molecule has 1 heterocycles. The normalized spacial score (nSPS) is 12.2. The summed E-state index contributed by atoms with van der Waals surface area (Å²) in [6.07, 6.45) is 0. The number of phenols is 1. The average molecular weight is 293 g/mol. The van der Waals surface area contributed by atoms with Crippen molar-refractivity contribution in [3.63, 3.8) is 0 Å². The van der Waals surface area contributed by atoms with Crippen LogP contribution in [0.4, 0.5) is 0 Å². The van der Waals surface area contributed by atoms with Crippen LogP contribution >= 0.6 is 0 Å². The zero-order valence-electron chi connectivity index (χ0n) is 12.0. The van der Waals surface area contributed by atoms with Crippen molar-refractivity contribution >= 4 is 16.9 Å². The lowest BCUT2D eigenvalue weighted by atomic mass is 9.90. The number of carbonyl (C=O) groups is 1. The highest BCUT2D eigenvalue weighted by atomic mass is 16.4. The van der Waals surface area contributed by atoms with Crippen LogP contribution in [0, 0.1) is 0 Å². The fraction of sp³-hybridized carbons (Fsp3) is 0.111. The van der Waals surface area contributed by atoms with E-state index in [0.29, 0.717) is 5.52 Å². The highest BCUT2D eigenvalue weighted by Gasteiger charge is 2.16. The van der Waals surface area contributed by atoms with E-state index >= 15 is 0 Å². The molecular weight excluding hydrogens is 278 g/mol. The largest absolute Gasteiger partial charge is 0.506 e. The quantitative estimate of drug-likeness (QED) is 0.770. The van der Waals surface area contributed by atoms with Crippen LogP contribution in [0.3, 0.4) is 0 Å². The molecule has 22 heavy (non-hydrogen) atoms. The Balaban J connectivity index is 2.19. The number of nitrogens with zero attached hydrogens (tertiary/aromatic N) is 1. The van der Waals surface area contributed by atoms with Gasteiger partial charge in [0, 0.05) is 11.3 Å². The van der Waals surface area contributed by atoms with Crippen molar-refractivity contribution in [3.05, 3.63) is 71.4 Å². The number of aromatic hydroxyl groups is 1. The molecule has 0 aliphatic rings. The molecule has 0 aliphatic heterocycles. The van der Waals surface area contributed by atoms with Gasteiger partial charge in [0.1, 0.15) is 17.0 Å². The average Bonchev–Trinajstić information content (AvgIpc) is 2.55. The molecule has 1 aromatic heterocycles. The Morgan fingerprint density at radius 1 is 1.05 bits per heavy atom. The van der Waals surface area contributed by atoms with E-state index in [0.717, 1.165) is 16.5 Å². The van der Waals surface area contributed by atoms with Crippen LogP contribution in [-0.4, -0.2) is 21.2 Å². The lowest BCUT2D eigenvalue weighted by Gasteiger charge is -2.15. The zero-order valence-corrected chi connectivity index (χ0v) is 12.0. The van der Waals surface area contributed by atoms with Gasteiger partial charge < -0.3 is 10.2 Å². The van der Waals surface area contributed by atoms with Gasteiger partial charge in [0.05, 0.1) is 0 Å². The molecule has 0 saturated carbocycles. The number of carboxylic acids is 1. The Morgan fingerprint density at radius 3 is 2.45 bits per heavy atom. The van der Waals surface area contributed by atoms with Gasteiger partial charge in [-0.15, -0.1) is 0 Å². The number of rotatable bonds is 3. The van der Waals surface area contributed by atoms with Crippen molar-refractivity contribution in [2.24, 2.45) is 0 Å². The molecule has 0 saturated heterocycles. The third-order valence-corrected chi connectivity index (χ3v) is 3.85. The van der Waals surface area contributed by atoms with Crippen molar-refractivity contribution in [2.75, 3.05) is 0 Å². The van der Waals surface area contributed by atoms with Gasteiger partial charge in [-0.1, -0.05) is 43.3 Å². The molecule has 1 atom stereocenters. The molecule has 2 aromatic carbocycles. The van der Waals surface area contributed by atoms with Crippen LogP contribution in [0.15, 0.2) is 54.6 Å². The Morgan fingerprint density at radius 2 is 1.77 bits per heavy atom. The predicted octanol–water partition coefficient (Wildman–Crippen LogP) is 3.79. The number of phenolic OH excluding ortho intramolecular Hbond substituents is 1. The first-order chi connectivity index (χ1) is 10.6. The molecular formula is C18H15NO3. The molecule has 0 spiro atoms. The second-order valence-corrected chi connectivity index (χ2v) is 5.20. The van der Waals surface area contributed by atoms with Crippen molar-refractivity contribution in [3.8, 4) is 5.75 Å². The summed E-state index contributed by atoms with van der Waals surface area (Å²) in [7, 11) is 0. The molecule has 2 N–H and O–H groups in total. The van der Waals surface area contributed by atoms with Gasteiger partial charge in [0.2, 0.25) is 0 Å². The van der Waals surface area contributed by atoms with Crippen LogP contribution in [-0.2, 0) is 0 Å². The van der Waals surface area contributed by atoms with Crippen LogP contribution in [0.1, 0.15) is 34.5 Å². The lowest BCUT2D eigenvalue weighted by Crippen LogP contribution is -2.02. The van der Waals surface area contributed by atoms with E-state index in [2.05, 4.69) is 11.9 Å². The summed E-state index contributed by atoms with van der Waals surface area (Å²) in [6.45, 7) is 2.08. The molecule has 0 radical (unpaired) electrons. The molecule has 3 rings (SSSR count). The Labute approximate surface area is 127 Å². The van der Waals surface area contributed by atoms with Gasteiger partial charge in [0.25, 0.3) is 0 Å². The summed E-state index contributed by atoms with van der Waals surface area (Å²) < 4.78 is 0. The second kappa shape index (κ2) is 5.48. The minimum Gasteiger partial charge on any atom is -0.506 e. The first-order valence-corrected chi connectivity index (χ1v) is 6.99. The van der Waals surface area contributed by atoms with Gasteiger partial charge in [-0.3, -0.25) is 0 Å². The number of aromatic nitrogens is 1. The number of aromatic carboxylic acids is 1. The zero-order chi connectivity index (χ0) is 15.7. The minimum atomic E-state index is -1.11. The molecule has 110 valence electrons. The number of hydrogen-bond acceptors (Lipinski definition) is 3. The van der Waals surface area contributed by atoms with Gasteiger partial charge in [-0.25, -0.2) is 9.78 Å². The fourth-order valence-electron chi connectivity index (χ4n) is 2.64. The minimum absolute atomic E-state index is 0.0119. The molecule has 4 nitrogen and oxygen atoms in total. The van der Waals surface area contributed by atoms with E-state index in [-0.39, 0.29) is 17.4 Å². The van der Waals surface area contributed by atoms with Crippen molar-refractivity contribution in [1.29, 1.82) is 0 Å². The van der Waals surface area contributed by atoms with E-state index in [1.54, 1.807) is 12.1 Å². The Bertz CT molecular complexity index is 844. The molecule has 1 unspecified atom stereocenters. The van der Waals surface area contributed by atoms with E-state index in [9.17, 15) is 9.90 Å². The molecule has 0 fully saturated rings. The van der Waals surface area contributed by atoms with Gasteiger partial charge in [0.15, 0.2) is 0 Å². The van der Waals surface area contributed by atoms with E-state index in [1.807, 2.05) is 36.4 Å². The van der Waals surface area contributed by atoms with Crippen molar-refractivity contribution in [2.45, 2.75) is 12.8 Å². The van der Waals surface area contributed by atoms with Crippen LogP contribution in [0.5, 0.6) is 5.75 Å². The number of pyridine rings is 1. The first kappa shape index (κ1) is 14.1. The standard InChI is InChI=1S/C18H15NO3/c1-11(12-5-3-2-4-6-12)13-8-10-16(20)17-14(13)7-9-15(19-17)18(21)22/h2-11,20H,1H3,(H,21,22). The highest BCUT2D eigenvalue weighted by Crippen LogP contribution is 2.33. The summed E-state index contributed by atoms with van der Waals surface area (Å²) in [6, 6.07) is 16.6. The monoisotopic (exact) mass is 293 g/mol. The number of benzene rings is 2. The summed E-state index contributed by atoms with van der Waals surface area (Å²) in [5, 5.41) is 19.8. The maximum absolute atomic E-state index is 11.1.